The van der Waals surface area contributed by atoms with Crippen molar-refractivity contribution in [3.05, 3.63) is 0 Å². The molecule has 3 nitrogen and oxygen atoms in total. The van der Waals surface area contributed by atoms with Gasteiger partial charge in [-0.1, -0.05) is 13.3 Å². The third-order valence-electron chi connectivity index (χ3n) is 3.14. The van der Waals surface area contributed by atoms with Gasteiger partial charge in [-0.05, 0) is 25.8 Å². The van der Waals surface area contributed by atoms with E-state index in [9.17, 15) is 0 Å². The minimum Gasteiger partial charge on any atom is -0.385 e. The summed E-state index contributed by atoms with van der Waals surface area (Å²) in [5, 5.41) is 3.48. The van der Waals surface area contributed by atoms with E-state index in [1.807, 2.05) is 0 Å². The third-order valence-corrected chi connectivity index (χ3v) is 3.14. The number of rotatable bonds is 7. The monoisotopic (exact) mass is 214 g/mol. The molecule has 3 heteroatoms. The zero-order chi connectivity index (χ0) is 10.9. The summed E-state index contributed by atoms with van der Waals surface area (Å²) in [6.07, 6.45) is 5.09. The van der Waals surface area contributed by atoms with Crippen LogP contribution in [0, 0.1) is 0 Å². The summed E-state index contributed by atoms with van der Waals surface area (Å²) in [6.45, 7) is 7.98. The largest absolute Gasteiger partial charge is 0.385 e. The highest BCUT2D eigenvalue weighted by Gasteiger charge is 2.20. The molecule has 1 saturated heterocycles. The summed E-state index contributed by atoms with van der Waals surface area (Å²) in [7, 11) is 1.78. The Bertz CT molecular complexity index is 151. The second-order valence-corrected chi connectivity index (χ2v) is 4.38. The molecule has 1 aliphatic rings. The van der Waals surface area contributed by atoms with Gasteiger partial charge in [0.2, 0.25) is 0 Å². The van der Waals surface area contributed by atoms with Crippen molar-refractivity contribution in [2.45, 2.75) is 38.6 Å². The molecule has 15 heavy (non-hydrogen) atoms. The maximum absolute atomic E-state index is 5.07. The highest BCUT2D eigenvalue weighted by molar-refractivity contribution is 4.79. The average molecular weight is 214 g/mol. The molecule has 1 atom stereocenters. The Morgan fingerprint density at radius 2 is 2.27 bits per heavy atom. The molecule has 1 unspecified atom stereocenters. The Kier molecular flexibility index (Phi) is 6.98. The highest BCUT2D eigenvalue weighted by Crippen LogP contribution is 2.10. The van der Waals surface area contributed by atoms with Crippen LogP contribution < -0.4 is 5.32 Å². The number of nitrogens with one attached hydrogen (secondary N) is 1. The van der Waals surface area contributed by atoms with E-state index in [-0.39, 0.29) is 0 Å². The summed E-state index contributed by atoms with van der Waals surface area (Å²) in [6, 6.07) is 0.770. The van der Waals surface area contributed by atoms with Crippen molar-refractivity contribution in [2.24, 2.45) is 0 Å². The molecule has 0 saturated carbocycles. The molecule has 0 aromatic heterocycles. The van der Waals surface area contributed by atoms with E-state index in [0.717, 1.165) is 19.2 Å². The molecule has 0 aromatic carbocycles. The van der Waals surface area contributed by atoms with Crippen LogP contribution >= 0.6 is 0 Å². The molecule has 1 rings (SSSR count). The molecule has 1 heterocycles. The molecule has 0 aliphatic carbocycles. The topological polar surface area (TPSA) is 24.5 Å². The molecule has 0 bridgehead atoms. The van der Waals surface area contributed by atoms with E-state index in [4.69, 9.17) is 4.74 Å². The summed E-state index contributed by atoms with van der Waals surface area (Å²) in [4.78, 5) is 2.65. The molecule has 0 aromatic rings. The first-order valence-corrected chi connectivity index (χ1v) is 6.32. The first-order valence-electron chi connectivity index (χ1n) is 6.32. The molecule has 0 radical (unpaired) electrons. The smallest absolute Gasteiger partial charge is 0.0462 e. The molecule has 0 spiro atoms. The fourth-order valence-corrected chi connectivity index (χ4v) is 2.28. The predicted octanol–water partition coefficient (Wildman–Crippen LogP) is 1.49. The SMILES string of the molecule is CCCC1CNCCN1CCCCOC. The molecule has 1 fully saturated rings. The number of nitrogens with zero attached hydrogens (tertiary/aromatic N) is 1. The first-order chi connectivity index (χ1) is 7.38. The van der Waals surface area contributed by atoms with Crippen molar-refractivity contribution >= 4 is 0 Å². The van der Waals surface area contributed by atoms with Crippen LogP contribution in [0.15, 0.2) is 0 Å². The Balaban J connectivity index is 2.17. The van der Waals surface area contributed by atoms with Gasteiger partial charge in [-0.15, -0.1) is 0 Å². The van der Waals surface area contributed by atoms with E-state index < -0.39 is 0 Å². The van der Waals surface area contributed by atoms with Gasteiger partial charge in [-0.2, -0.15) is 0 Å². The van der Waals surface area contributed by atoms with Crippen molar-refractivity contribution in [3.63, 3.8) is 0 Å². The van der Waals surface area contributed by atoms with Crippen molar-refractivity contribution in [2.75, 3.05) is 39.9 Å². The van der Waals surface area contributed by atoms with Gasteiger partial charge in [0.25, 0.3) is 0 Å². The Labute approximate surface area is 94.2 Å². The third kappa shape index (κ3) is 4.96. The van der Waals surface area contributed by atoms with Gasteiger partial charge >= 0.3 is 0 Å². The van der Waals surface area contributed by atoms with Crippen LogP contribution in [0.3, 0.4) is 0 Å². The van der Waals surface area contributed by atoms with Gasteiger partial charge in [-0.25, -0.2) is 0 Å². The van der Waals surface area contributed by atoms with Gasteiger partial charge in [0.1, 0.15) is 0 Å². The molecule has 1 aliphatic heterocycles. The lowest BCUT2D eigenvalue weighted by atomic mass is 10.1. The zero-order valence-electron chi connectivity index (χ0n) is 10.3. The standard InChI is InChI=1S/C12H26N2O/c1-3-6-12-11-13-7-9-14(12)8-4-5-10-15-2/h12-13H,3-11H2,1-2H3. The fourth-order valence-electron chi connectivity index (χ4n) is 2.28. The van der Waals surface area contributed by atoms with Gasteiger partial charge in [0, 0.05) is 39.4 Å². The van der Waals surface area contributed by atoms with E-state index in [1.54, 1.807) is 7.11 Å². The zero-order valence-corrected chi connectivity index (χ0v) is 10.3. The number of hydrogen-bond donors (Lipinski definition) is 1. The quantitative estimate of drug-likeness (QED) is 0.650. The molecule has 90 valence electrons. The van der Waals surface area contributed by atoms with E-state index >= 15 is 0 Å². The van der Waals surface area contributed by atoms with Crippen LogP contribution in [0.25, 0.3) is 0 Å². The van der Waals surface area contributed by atoms with Crippen LogP contribution in [0.4, 0.5) is 0 Å². The normalized spacial score (nSPS) is 23.2. The van der Waals surface area contributed by atoms with Crippen LogP contribution in [-0.2, 0) is 4.74 Å². The van der Waals surface area contributed by atoms with Crippen LogP contribution in [0.1, 0.15) is 32.6 Å². The van der Waals surface area contributed by atoms with Gasteiger partial charge in [0.05, 0.1) is 0 Å². The fraction of sp³-hybridized carbons (Fsp3) is 1.00. The lowest BCUT2D eigenvalue weighted by molar-refractivity contribution is 0.139. The maximum Gasteiger partial charge on any atom is 0.0462 e. The predicted molar refractivity (Wildman–Crippen MR) is 64.2 cm³/mol. The van der Waals surface area contributed by atoms with Crippen molar-refractivity contribution in [3.8, 4) is 0 Å². The number of unbranched alkanes of at least 4 members (excludes halogenated alkanes) is 1. The van der Waals surface area contributed by atoms with Crippen LogP contribution in [0.2, 0.25) is 0 Å². The van der Waals surface area contributed by atoms with Crippen molar-refractivity contribution in [1.82, 2.24) is 10.2 Å². The lowest BCUT2D eigenvalue weighted by Gasteiger charge is -2.36. The van der Waals surface area contributed by atoms with Crippen LogP contribution in [-0.4, -0.2) is 50.8 Å². The van der Waals surface area contributed by atoms with Crippen molar-refractivity contribution < 1.29 is 4.74 Å². The lowest BCUT2D eigenvalue weighted by Crippen LogP contribution is -2.51. The number of piperazine rings is 1. The van der Waals surface area contributed by atoms with Gasteiger partial charge < -0.3 is 10.1 Å². The van der Waals surface area contributed by atoms with Gasteiger partial charge in [0.15, 0.2) is 0 Å². The Morgan fingerprint density at radius 3 is 3.00 bits per heavy atom. The first kappa shape index (κ1) is 12.9. The Hall–Kier alpha value is -0.120. The minimum atomic E-state index is 0.770. The molecular weight excluding hydrogens is 188 g/mol. The summed E-state index contributed by atoms with van der Waals surface area (Å²) >= 11 is 0. The summed E-state index contributed by atoms with van der Waals surface area (Å²) < 4.78 is 5.07. The molecule has 1 N–H and O–H groups in total. The Morgan fingerprint density at radius 1 is 1.40 bits per heavy atom. The second kappa shape index (κ2) is 8.08. The van der Waals surface area contributed by atoms with Gasteiger partial charge in [-0.3, -0.25) is 4.90 Å². The number of methoxy groups -OCH3 is 1. The highest BCUT2D eigenvalue weighted by atomic mass is 16.5. The molecular formula is C12H26N2O. The average Bonchev–Trinajstić information content (AvgIpc) is 2.27. The maximum atomic E-state index is 5.07. The van der Waals surface area contributed by atoms with E-state index in [2.05, 4.69) is 17.1 Å². The summed E-state index contributed by atoms with van der Waals surface area (Å²) in [5.74, 6) is 0. The second-order valence-electron chi connectivity index (χ2n) is 4.38. The van der Waals surface area contributed by atoms with Crippen LogP contribution in [0.5, 0.6) is 0 Å². The van der Waals surface area contributed by atoms with E-state index in [1.165, 1.54) is 45.3 Å². The van der Waals surface area contributed by atoms with E-state index in [0.29, 0.717) is 0 Å². The number of hydrogen-bond acceptors (Lipinski definition) is 3. The number of ether oxygens (including phenoxy) is 1. The molecule has 0 amide bonds. The minimum absolute atomic E-state index is 0.770. The van der Waals surface area contributed by atoms with Crippen molar-refractivity contribution in [1.29, 1.82) is 0 Å². The summed E-state index contributed by atoms with van der Waals surface area (Å²) in [5.41, 5.74) is 0.